The molecular weight excluding hydrogens is 218 g/mol. The molecule has 0 atom stereocenters. The Kier molecular flexibility index (Phi) is 3.58. The van der Waals surface area contributed by atoms with Crippen molar-refractivity contribution < 1.29 is 9.90 Å². The van der Waals surface area contributed by atoms with E-state index in [1.807, 2.05) is 0 Å². The number of nitrogens with one attached hydrogen (secondary N) is 1. The number of hydrogen-bond acceptors (Lipinski definition) is 4. The zero-order valence-electron chi connectivity index (χ0n) is 9.60. The standard InChI is InChI=1S/C12H17N3O2/c13-11-7-14-6-5-10(11)12(17)15-8-1-3-9(16)4-2-8/h5-9,16H,1-4,13H2,(H,15,17). The Balaban J connectivity index is 1.96. The van der Waals surface area contributed by atoms with E-state index in [1.165, 1.54) is 6.20 Å². The third-order valence-electron chi connectivity index (χ3n) is 3.13. The molecule has 0 unspecified atom stereocenters. The molecule has 1 fully saturated rings. The number of aliphatic hydroxyl groups is 1. The maximum absolute atomic E-state index is 11.9. The maximum Gasteiger partial charge on any atom is 0.253 e. The van der Waals surface area contributed by atoms with Gasteiger partial charge in [-0.15, -0.1) is 0 Å². The third kappa shape index (κ3) is 2.94. The normalized spacial score (nSPS) is 24.3. The lowest BCUT2D eigenvalue weighted by molar-refractivity contribution is 0.0868. The van der Waals surface area contributed by atoms with Crippen LogP contribution in [0.5, 0.6) is 0 Å². The van der Waals surface area contributed by atoms with Gasteiger partial charge < -0.3 is 16.2 Å². The Morgan fingerprint density at radius 2 is 2.12 bits per heavy atom. The van der Waals surface area contributed by atoms with Crippen LogP contribution in [-0.2, 0) is 0 Å². The van der Waals surface area contributed by atoms with E-state index in [4.69, 9.17) is 5.73 Å². The molecular formula is C12H17N3O2. The molecule has 0 spiro atoms. The summed E-state index contributed by atoms with van der Waals surface area (Å²) in [5.41, 5.74) is 6.54. The number of aromatic nitrogens is 1. The minimum absolute atomic E-state index is 0.137. The number of aliphatic hydroxyl groups excluding tert-OH is 1. The molecule has 17 heavy (non-hydrogen) atoms. The lowest BCUT2D eigenvalue weighted by Crippen LogP contribution is -2.38. The third-order valence-corrected chi connectivity index (χ3v) is 3.13. The minimum Gasteiger partial charge on any atom is -0.397 e. The monoisotopic (exact) mass is 235 g/mol. The average molecular weight is 235 g/mol. The number of pyridine rings is 1. The lowest BCUT2D eigenvalue weighted by Gasteiger charge is -2.26. The highest BCUT2D eigenvalue weighted by atomic mass is 16.3. The predicted molar refractivity (Wildman–Crippen MR) is 64.4 cm³/mol. The van der Waals surface area contributed by atoms with E-state index in [1.54, 1.807) is 12.3 Å². The van der Waals surface area contributed by atoms with Gasteiger partial charge in [0.1, 0.15) is 0 Å². The largest absolute Gasteiger partial charge is 0.397 e. The molecule has 2 rings (SSSR count). The fourth-order valence-corrected chi connectivity index (χ4v) is 2.10. The molecule has 5 nitrogen and oxygen atoms in total. The van der Waals surface area contributed by atoms with Gasteiger partial charge in [0.05, 0.1) is 23.6 Å². The van der Waals surface area contributed by atoms with Crippen molar-refractivity contribution in [1.29, 1.82) is 0 Å². The molecule has 1 aliphatic rings. The molecule has 1 aromatic heterocycles. The van der Waals surface area contributed by atoms with E-state index in [9.17, 15) is 9.90 Å². The van der Waals surface area contributed by atoms with Crippen molar-refractivity contribution in [2.75, 3.05) is 5.73 Å². The lowest BCUT2D eigenvalue weighted by atomic mass is 9.93. The fourth-order valence-electron chi connectivity index (χ4n) is 2.10. The van der Waals surface area contributed by atoms with E-state index in [-0.39, 0.29) is 18.1 Å². The van der Waals surface area contributed by atoms with Crippen LogP contribution in [0.25, 0.3) is 0 Å². The molecule has 4 N–H and O–H groups in total. The fraction of sp³-hybridized carbons (Fsp3) is 0.500. The molecule has 1 saturated carbocycles. The van der Waals surface area contributed by atoms with E-state index >= 15 is 0 Å². The van der Waals surface area contributed by atoms with E-state index in [0.717, 1.165) is 25.7 Å². The van der Waals surface area contributed by atoms with Gasteiger partial charge in [-0.1, -0.05) is 0 Å². The van der Waals surface area contributed by atoms with Crippen LogP contribution in [-0.4, -0.2) is 28.1 Å². The highest BCUT2D eigenvalue weighted by Crippen LogP contribution is 2.19. The van der Waals surface area contributed by atoms with Crippen molar-refractivity contribution in [2.45, 2.75) is 37.8 Å². The second-order valence-electron chi connectivity index (χ2n) is 4.44. The van der Waals surface area contributed by atoms with Crippen LogP contribution in [0.3, 0.4) is 0 Å². The summed E-state index contributed by atoms with van der Waals surface area (Å²) in [4.78, 5) is 15.8. The minimum atomic E-state index is -0.214. The summed E-state index contributed by atoms with van der Waals surface area (Å²) < 4.78 is 0. The zero-order valence-corrected chi connectivity index (χ0v) is 9.60. The molecule has 0 radical (unpaired) electrons. The first-order valence-corrected chi connectivity index (χ1v) is 5.85. The van der Waals surface area contributed by atoms with Crippen LogP contribution in [0.4, 0.5) is 5.69 Å². The number of nitrogens with zero attached hydrogens (tertiary/aromatic N) is 1. The molecule has 1 heterocycles. The van der Waals surface area contributed by atoms with Crippen LogP contribution >= 0.6 is 0 Å². The van der Waals surface area contributed by atoms with Gasteiger partial charge in [-0.05, 0) is 31.7 Å². The summed E-state index contributed by atoms with van der Waals surface area (Å²) in [7, 11) is 0. The summed E-state index contributed by atoms with van der Waals surface area (Å²) >= 11 is 0. The van der Waals surface area contributed by atoms with Crippen molar-refractivity contribution in [3.05, 3.63) is 24.0 Å². The van der Waals surface area contributed by atoms with Gasteiger partial charge in [0, 0.05) is 12.2 Å². The molecule has 0 saturated heterocycles. The van der Waals surface area contributed by atoms with Crippen molar-refractivity contribution in [3.8, 4) is 0 Å². The molecule has 1 aromatic rings. The smallest absolute Gasteiger partial charge is 0.253 e. The quantitative estimate of drug-likeness (QED) is 0.704. The molecule has 0 aromatic carbocycles. The first kappa shape index (κ1) is 11.9. The van der Waals surface area contributed by atoms with Gasteiger partial charge in [0.25, 0.3) is 5.91 Å². The van der Waals surface area contributed by atoms with Crippen LogP contribution in [0.2, 0.25) is 0 Å². The van der Waals surface area contributed by atoms with Gasteiger partial charge >= 0.3 is 0 Å². The number of hydrogen-bond donors (Lipinski definition) is 3. The molecule has 0 bridgehead atoms. The highest BCUT2D eigenvalue weighted by Gasteiger charge is 2.21. The van der Waals surface area contributed by atoms with Crippen molar-refractivity contribution >= 4 is 11.6 Å². The second-order valence-corrected chi connectivity index (χ2v) is 4.44. The van der Waals surface area contributed by atoms with Gasteiger partial charge in [0.2, 0.25) is 0 Å². The Labute approximate surface area is 100 Å². The van der Waals surface area contributed by atoms with Crippen molar-refractivity contribution in [3.63, 3.8) is 0 Å². The first-order chi connectivity index (χ1) is 8.16. The van der Waals surface area contributed by atoms with Crippen LogP contribution < -0.4 is 11.1 Å². The number of carbonyl (C=O) groups is 1. The highest BCUT2D eigenvalue weighted by molar-refractivity contribution is 5.98. The molecule has 92 valence electrons. The van der Waals surface area contributed by atoms with Crippen LogP contribution in [0.15, 0.2) is 18.5 Å². The maximum atomic E-state index is 11.9. The summed E-state index contributed by atoms with van der Waals surface area (Å²) in [6, 6.07) is 1.75. The van der Waals surface area contributed by atoms with E-state index < -0.39 is 0 Å². The van der Waals surface area contributed by atoms with Gasteiger partial charge in [-0.3, -0.25) is 9.78 Å². The number of amides is 1. The number of carbonyl (C=O) groups excluding carboxylic acids is 1. The van der Waals surface area contributed by atoms with E-state index in [0.29, 0.717) is 11.3 Å². The van der Waals surface area contributed by atoms with Crippen LogP contribution in [0.1, 0.15) is 36.0 Å². The molecule has 0 aliphatic heterocycles. The average Bonchev–Trinajstić information content (AvgIpc) is 2.32. The van der Waals surface area contributed by atoms with Gasteiger partial charge in [-0.25, -0.2) is 0 Å². The Hall–Kier alpha value is -1.62. The second kappa shape index (κ2) is 5.14. The number of nitrogens with two attached hydrogens (primary N) is 1. The zero-order chi connectivity index (χ0) is 12.3. The summed E-state index contributed by atoms with van der Waals surface area (Å²) in [5.74, 6) is -0.161. The number of anilines is 1. The number of rotatable bonds is 2. The first-order valence-electron chi connectivity index (χ1n) is 5.85. The Morgan fingerprint density at radius 1 is 1.41 bits per heavy atom. The van der Waals surface area contributed by atoms with Gasteiger partial charge in [-0.2, -0.15) is 0 Å². The van der Waals surface area contributed by atoms with Crippen molar-refractivity contribution in [1.82, 2.24) is 10.3 Å². The predicted octanol–water partition coefficient (Wildman–Crippen LogP) is 0.697. The topological polar surface area (TPSA) is 88.2 Å². The number of nitrogen functional groups attached to an aromatic ring is 1. The summed E-state index contributed by atoms with van der Waals surface area (Å²) in [6.45, 7) is 0. The molecule has 1 amide bonds. The van der Waals surface area contributed by atoms with Crippen molar-refractivity contribution in [2.24, 2.45) is 0 Å². The Morgan fingerprint density at radius 3 is 2.76 bits per heavy atom. The summed E-state index contributed by atoms with van der Waals surface area (Å²) in [6.07, 6.45) is 5.94. The SMILES string of the molecule is Nc1cnccc1C(=O)NC1CCC(O)CC1. The summed E-state index contributed by atoms with van der Waals surface area (Å²) in [5, 5.41) is 12.3. The molecule has 1 aliphatic carbocycles. The Bertz CT molecular complexity index is 400. The van der Waals surface area contributed by atoms with Gasteiger partial charge in [0.15, 0.2) is 0 Å². The van der Waals surface area contributed by atoms with E-state index in [2.05, 4.69) is 10.3 Å². The molecule has 5 heteroatoms. The van der Waals surface area contributed by atoms with Crippen LogP contribution in [0, 0.1) is 0 Å².